The number of benzene rings is 1. The molecule has 2 aromatic rings. The second-order valence-electron chi connectivity index (χ2n) is 5.16. The van der Waals surface area contributed by atoms with Gasteiger partial charge in [0.25, 0.3) is 10.0 Å². The number of thiazole rings is 1. The zero-order valence-electron chi connectivity index (χ0n) is 13.6. The summed E-state index contributed by atoms with van der Waals surface area (Å²) in [7, 11) is -3.89. The Balaban J connectivity index is 2.20. The van der Waals surface area contributed by atoms with Gasteiger partial charge in [-0.25, -0.2) is 22.9 Å². The lowest BCUT2D eigenvalue weighted by atomic mass is 10.2. The average Bonchev–Trinajstić information content (AvgIpc) is 2.90. The van der Waals surface area contributed by atoms with Gasteiger partial charge in [-0.15, -0.1) is 0 Å². The number of hydrogen-bond donors (Lipinski definition) is 3. The molecule has 1 aromatic heterocycles. The molecule has 0 bridgehead atoms. The van der Waals surface area contributed by atoms with Crippen molar-refractivity contribution in [3.8, 4) is 0 Å². The molecule has 10 heteroatoms. The van der Waals surface area contributed by atoms with Crippen molar-refractivity contribution < 1.29 is 23.1 Å². The van der Waals surface area contributed by atoms with Crippen LogP contribution in [-0.4, -0.2) is 30.4 Å². The predicted molar refractivity (Wildman–Crippen MR) is 93.8 cm³/mol. The summed E-state index contributed by atoms with van der Waals surface area (Å²) < 4.78 is 25.6. The normalized spacial score (nSPS) is 11.1. The number of hydrogen-bond acceptors (Lipinski definition) is 7. The Labute approximate surface area is 149 Å². The van der Waals surface area contributed by atoms with Crippen LogP contribution in [0.5, 0.6) is 0 Å². The fraction of sp³-hybridized carbons (Fsp3) is 0.267. The quantitative estimate of drug-likeness (QED) is 0.670. The van der Waals surface area contributed by atoms with Gasteiger partial charge in [-0.1, -0.05) is 24.7 Å². The maximum Gasteiger partial charge on any atom is 0.347 e. The number of carboxylic acids is 1. The van der Waals surface area contributed by atoms with E-state index in [2.05, 4.69) is 10.3 Å². The maximum atomic E-state index is 11.9. The minimum Gasteiger partial charge on any atom is -0.477 e. The van der Waals surface area contributed by atoms with E-state index in [0.717, 1.165) is 24.7 Å². The third-order valence-electron chi connectivity index (χ3n) is 3.07. The van der Waals surface area contributed by atoms with Gasteiger partial charge >= 0.3 is 5.97 Å². The zero-order valence-corrected chi connectivity index (χ0v) is 15.2. The topological polar surface area (TPSA) is 125 Å². The largest absolute Gasteiger partial charge is 0.477 e. The van der Waals surface area contributed by atoms with E-state index in [1.807, 2.05) is 11.6 Å². The summed E-state index contributed by atoms with van der Waals surface area (Å²) >= 11 is 1.02. The van der Waals surface area contributed by atoms with Crippen molar-refractivity contribution in [3.05, 3.63) is 34.8 Å². The summed E-state index contributed by atoms with van der Waals surface area (Å²) in [5.74, 6) is -1.69. The van der Waals surface area contributed by atoms with Crippen molar-refractivity contribution in [2.75, 3.05) is 5.32 Å². The van der Waals surface area contributed by atoms with Gasteiger partial charge in [0, 0.05) is 12.6 Å². The van der Waals surface area contributed by atoms with Crippen LogP contribution >= 0.6 is 11.3 Å². The molecule has 0 aliphatic heterocycles. The average molecular weight is 383 g/mol. The van der Waals surface area contributed by atoms with E-state index in [0.29, 0.717) is 22.9 Å². The first-order chi connectivity index (χ1) is 11.7. The third kappa shape index (κ3) is 4.77. The molecule has 0 spiro atoms. The molecule has 0 saturated carbocycles. The third-order valence-corrected chi connectivity index (χ3v) is 5.52. The Morgan fingerprint density at radius 2 is 1.88 bits per heavy atom. The van der Waals surface area contributed by atoms with E-state index in [1.165, 1.54) is 24.3 Å². The lowest BCUT2D eigenvalue weighted by molar-refractivity contribution is -0.117. The Bertz CT molecular complexity index is 888. The second-order valence-corrected chi connectivity index (χ2v) is 7.84. The Hall–Kier alpha value is -2.46. The number of rotatable bonds is 7. The number of amides is 1. The van der Waals surface area contributed by atoms with Gasteiger partial charge in [-0.05, 0) is 30.7 Å². The summed E-state index contributed by atoms with van der Waals surface area (Å²) in [5, 5.41) is 12.6. The van der Waals surface area contributed by atoms with E-state index in [-0.39, 0.29) is 9.77 Å². The highest BCUT2D eigenvalue weighted by molar-refractivity contribution is 7.90. The molecule has 0 radical (unpaired) electrons. The van der Waals surface area contributed by atoms with Crippen molar-refractivity contribution in [3.63, 3.8) is 0 Å². The SMILES string of the molecule is CCCc1nc(Nc2ccc(S(=O)(=O)NC(C)=O)cc2)sc1C(=O)O. The maximum absolute atomic E-state index is 11.9. The Morgan fingerprint density at radius 3 is 2.40 bits per heavy atom. The molecule has 0 unspecified atom stereocenters. The number of carboxylic acid groups (broad SMARTS) is 1. The van der Waals surface area contributed by atoms with Crippen molar-refractivity contribution in [2.24, 2.45) is 0 Å². The molecule has 0 saturated heterocycles. The first-order valence-electron chi connectivity index (χ1n) is 7.36. The van der Waals surface area contributed by atoms with Gasteiger partial charge < -0.3 is 10.4 Å². The van der Waals surface area contributed by atoms with Gasteiger partial charge in [-0.2, -0.15) is 0 Å². The molecule has 1 aromatic carbocycles. The highest BCUT2D eigenvalue weighted by atomic mass is 32.2. The van der Waals surface area contributed by atoms with Crippen LogP contribution in [0.4, 0.5) is 10.8 Å². The van der Waals surface area contributed by atoms with Crippen LogP contribution in [0.2, 0.25) is 0 Å². The molecular formula is C15H17N3O5S2. The number of carbonyl (C=O) groups is 2. The minimum absolute atomic E-state index is 0.0507. The zero-order chi connectivity index (χ0) is 18.6. The molecular weight excluding hydrogens is 366 g/mol. The number of aromatic nitrogens is 1. The van der Waals surface area contributed by atoms with Crippen LogP contribution in [0.25, 0.3) is 0 Å². The van der Waals surface area contributed by atoms with Crippen molar-refractivity contribution in [1.82, 2.24) is 9.71 Å². The fourth-order valence-corrected chi connectivity index (χ4v) is 3.93. The highest BCUT2D eigenvalue weighted by Crippen LogP contribution is 2.27. The molecule has 1 heterocycles. The van der Waals surface area contributed by atoms with Gasteiger partial charge in [-0.3, -0.25) is 4.79 Å². The fourth-order valence-electron chi connectivity index (χ4n) is 2.07. The van der Waals surface area contributed by atoms with E-state index in [4.69, 9.17) is 0 Å². The van der Waals surface area contributed by atoms with Crippen molar-refractivity contribution in [1.29, 1.82) is 0 Å². The molecule has 1 amide bonds. The summed E-state index contributed by atoms with van der Waals surface area (Å²) in [5.41, 5.74) is 1.07. The number of nitrogens with zero attached hydrogens (tertiary/aromatic N) is 1. The lowest BCUT2D eigenvalue weighted by Gasteiger charge is -2.06. The molecule has 0 atom stereocenters. The van der Waals surface area contributed by atoms with Crippen LogP contribution in [-0.2, 0) is 21.2 Å². The van der Waals surface area contributed by atoms with E-state index in [1.54, 1.807) is 0 Å². The Morgan fingerprint density at radius 1 is 1.24 bits per heavy atom. The van der Waals surface area contributed by atoms with Crippen LogP contribution in [0, 0.1) is 0 Å². The standard InChI is InChI=1S/C15H17N3O5S2/c1-3-4-12-13(14(20)21)24-15(17-12)16-10-5-7-11(8-6-10)25(22,23)18-9(2)19/h5-8H,3-4H2,1-2H3,(H,16,17)(H,18,19)(H,20,21). The lowest BCUT2D eigenvalue weighted by Crippen LogP contribution is -2.28. The molecule has 0 aliphatic rings. The monoisotopic (exact) mass is 383 g/mol. The molecule has 3 N–H and O–H groups in total. The van der Waals surface area contributed by atoms with Crippen LogP contribution in [0.15, 0.2) is 29.2 Å². The number of aromatic carboxylic acids is 1. The number of nitrogens with one attached hydrogen (secondary N) is 2. The predicted octanol–water partition coefficient (Wildman–Crippen LogP) is 2.36. The number of anilines is 2. The minimum atomic E-state index is -3.89. The smallest absolute Gasteiger partial charge is 0.347 e. The molecule has 134 valence electrons. The van der Waals surface area contributed by atoms with Gasteiger partial charge in [0.15, 0.2) is 5.13 Å². The highest BCUT2D eigenvalue weighted by Gasteiger charge is 2.18. The van der Waals surface area contributed by atoms with Crippen LogP contribution in [0.1, 0.15) is 35.6 Å². The molecule has 0 aliphatic carbocycles. The van der Waals surface area contributed by atoms with Crippen molar-refractivity contribution >= 4 is 44.1 Å². The molecule has 25 heavy (non-hydrogen) atoms. The molecule has 0 fully saturated rings. The number of carbonyl (C=O) groups excluding carboxylic acids is 1. The van der Waals surface area contributed by atoms with Gasteiger partial charge in [0.05, 0.1) is 10.6 Å². The van der Waals surface area contributed by atoms with Gasteiger partial charge in [0.2, 0.25) is 5.91 Å². The second kappa shape index (κ2) is 7.62. The summed E-state index contributed by atoms with van der Waals surface area (Å²) in [6, 6.07) is 5.70. The summed E-state index contributed by atoms with van der Waals surface area (Å²) in [4.78, 5) is 26.6. The van der Waals surface area contributed by atoms with Crippen LogP contribution < -0.4 is 10.0 Å². The van der Waals surface area contributed by atoms with E-state index in [9.17, 15) is 23.1 Å². The van der Waals surface area contributed by atoms with E-state index >= 15 is 0 Å². The van der Waals surface area contributed by atoms with Crippen LogP contribution in [0.3, 0.4) is 0 Å². The summed E-state index contributed by atoms with van der Waals surface area (Å²) in [6.07, 6.45) is 1.34. The van der Waals surface area contributed by atoms with E-state index < -0.39 is 21.9 Å². The molecule has 2 rings (SSSR count). The van der Waals surface area contributed by atoms with Gasteiger partial charge in [0.1, 0.15) is 4.88 Å². The molecule has 8 nitrogen and oxygen atoms in total. The first-order valence-corrected chi connectivity index (χ1v) is 9.66. The summed E-state index contributed by atoms with van der Waals surface area (Å²) in [6.45, 7) is 3.05. The van der Waals surface area contributed by atoms with Crippen molar-refractivity contribution in [2.45, 2.75) is 31.6 Å². The first kappa shape index (κ1) is 18.9. The number of sulfonamides is 1. The Kier molecular flexibility index (Phi) is 5.75. The number of aryl methyl sites for hydroxylation is 1.